The summed E-state index contributed by atoms with van der Waals surface area (Å²) in [6, 6.07) is 0. The molecular formula is C9H12O3. The Balaban J connectivity index is 2.57. The van der Waals surface area contributed by atoms with Gasteiger partial charge >= 0.3 is 5.97 Å². The van der Waals surface area contributed by atoms with Crippen LogP contribution in [0.4, 0.5) is 0 Å². The quantitative estimate of drug-likeness (QED) is 0.359. The Morgan fingerprint density at radius 2 is 2.42 bits per heavy atom. The van der Waals surface area contributed by atoms with Gasteiger partial charge in [0.05, 0.1) is 12.2 Å². The molecule has 1 unspecified atom stereocenters. The summed E-state index contributed by atoms with van der Waals surface area (Å²) in [6.45, 7) is 9.29. The van der Waals surface area contributed by atoms with Crippen molar-refractivity contribution in [3.8, 4) is 0 Å². The Morgan fingerprint density at radius 1 is 1.75 bits per heavy atom. The molecule has 1 aliphatic heterocycles. The van der Waals surface area contributed by atoms with Gasteiger partial charge in [-0.1, -0.05) is 12.7 Å². The Bertz CT molecular complexity index is 220. The van der Waals surface area contributed by atoms with E-state index in [0.717, 1.165) is 0 Å². The van der Waals surface area contributed by atoms with Gasteiger partial charge in [0.25, 0.3) is 0 Å². The van der Waals surface area contributed by atoms with Crippen molar-refractivity contribution < 1.29 is 14.3 Å². The average molecular weight is 168 g/mol. The van der Waals surface area contributed by atoms with Crippen molar-refractivity contribution in [2.24, 2.45) is 0 Å². The highest BCUT2D eigenvalue weighted by molar-refractivity contribution is 5.91. The lowest BCUT2D eigenvalue weighted by Gasteiger charge is -2.12. The van der Waals surface area contributed by atoms with E-state index in [9.17, 15) is 4.79 Å². The number of hydrogen-bond donors (Lipinski definition) is 0. The summed E-state index contributed by atoms with van der Waals surface area (Å²) in [6.07, 6.45) is 1.09. The summed E-state index contributed by atoms with van der Waals surface area (Å²) < 4.78 is 10.2. The predicted molar refractivity (Wildman–Crippen MR) is 44.6 cm³/mol. The maximum absolute atomic E-state index is 10.9. The van der Waals surface area contributed by atoms with Crippen LogP contribution in [0.25, 0.3) is 0 Å². The zero-order chi connectivity index (χ0) is 9.14. The zero-order valence-corrected chi connectivity index (χ0v) is 7.08. The third-order valence-corrected chi connectivity index (χ3v) is 1.72. The molecule has 0 aromatic carbocycles. The summed E-state index contributed by atoms with van der Waals surface area (Å²) in [5.41, 5.74) is 0.393. The highest BCUT2D eigenvalue weighted by atomic mass is 16.6. The van der Waals surface area contributed by atoms with E-state index in [0.29, 0.717) is 12.2 Å². The number of hydrogen-bond acceptors (Lipinski definition) is 3. The van der Waals surface area contributed by atoms with Crippen molar-refractivity contribution in [2.45, 2.75) is 19.1 Å². The Hall–Kier alpha value is -1.09. The highest BCUT2D eigenvalue weighted by Gasteiger charge is 2.36. The van der Waals surface area contributed by atoms with Gasteiger partial charge in [-0.3, -0.25) is 0 Å². The zero-order valence-electron chi connectivity index (χ0n) is 7.08. The molecule has 0 aromatic rings. The number of rotatable bonds is 3. The monoisotopic (exact) mass is 168 g/mol. The van der Waals surface area contributed by atoms with E-state index < -0.39 is 0 Å². The number of carbonyl (C=O) groups is 1. The van der Waals surface area contributed by atoms with E-state index in [2.05, 4.69) is 13.2 Å². The van der Waals surface area contributed by atoms with Gasteiger partial charge in [0, 0.05) is 0 Å². The van der Waals surface area contributed by atoms with Crippen LogP contribution in [0.15, 0.2) is 24.8 Å². The van der Waals surface area contributed by atoms with Crippen LogP contribution in [-0.2, 0) is 14.3 Å². The Kier molecular flexibility index (Phi) is 2.65. The first-order valence-electron chi connectivity index (χ1n) is 3.79. The maximum Gasteiger partial charge on any atom is 0.336 e. The van der Waals surface area contributed by atoms with Crippen LogP contribution in [0.3, 0.4) is 0 Å². The van der Waals surface area contributed by atoms with Crippen LogP contribution >= 0.6 is 0 Å². The number of cyclic esters (lactones) is 1. The molecular weight excluding hydrogens is 156 g/mol. The molecule has 2 atom stereocenters. The van der Waals surface area contributed by atoms with Crippen LogP contribution < -0.4 is 0 Å². The fourth-order valence-corrected chi connectivity index (χ4v) is 1.11. The van der Waals surface area contributed by atoms with Gasteiger partial charge in [0.2, 0.25) is 0 Å². The van der Waals surface area contributed by atoms with E-state index in [1.54, 1.807) is 13.0 Å². The minimum Gasteiger partial charge on any atom is -0.456 e. The third-order valence-electron chi connectivity index (χ3n) is 1.72. The largest absolute Gasteiger partial charge is 0.456 e. The standard InChI is InChI=1S/C9H12O3/c1-4-5-11-8-6(2)9(10)12-7(8)3/h4,7-8H,1-2,5H2,3H3/t7-,8?/m0/s1. The van der Waals surface area contributed by atoms with Gasteiger partial charge in [-0.25, -0.2) is 4.79 Å². The normalized spacial score (nSPS) is 28.8. The lowest BCUT2D eigenvalue weighted by molar-refractivity contribution is -0.139. The molecule has 0 aromatic heterocycles. The minimum absolute atomic E-state index is 0.232. The molecule has 1 heterocycles. The van der Waals surface area contributed by atoms with E-state index in [4.69, 9.17) is 9.47 Å². The first-order valence-corrected chi connectivity index (χ1v) is 3.79. The molecule has 1 rings (SSSR count). The van der Waals surface area contributed by atoms with Gasteiger partial charge in [0.15, 0.2) is 0 Å². The second-order valence-electron chi connectivity index (χ2n) is 2.68. The maximum atomic E-state index is 10.9. The Morgan fingerprint density at radius 3 is 2.83 bits per heavy atom. The SMILES string of the molecule is C=CCOC1C(=C)C(=O)O[C@H]1C. The van der Waals surface area contributed by atoms with Crippen molar-refractivity contribution in [1.82, 2.24) is 0 Å². The highest BCUT2D eigenvalue weighted by Crippen LogP contribution is 2.22. The van der Waals surface area contributed by atoms with Crippen molar-refractivity contribution >= 4 is 5.97 Å². The summed E-state index contributed by atoms with van der Waals surface area (Å²) in [5, 5.41) is 0. The topological polar surface area (TPSA) is 35.5 Å². The second-order valence-corrected chi connectivity index (χ2v) is 2.68. The number of carbonyl (C=O) groups excluding carboxylic acids is 1. The molecule has 3 nitrogen and oxygen atoms in total. The Labute approximate surface area is 71.7 Å². The van der Waals surface area contributed by atoms with Gasteiger partial charge in [0.1, 0.15) is 12.2 Å². The minimum atomic E-state index is -0.364. The van der Waals surface area contributed by atoms with Crippen molar-refractivity contribution in [3.63, 3.8) is 0 Å². The average Bonchev–Trinajstić information content (AvgIpc) is 2.25. The molecule has 3 heteroatoms. The molecule has 0 spiro atoms. The molecule has 0 N–H and O–H groups in total. The smallest absolute Gasteiger partial charge is 0.336 e. The van der Waals surface area contributed by atoms with Crippen LogP contribution in [0.1, 0.15) is 6.92 Å². The summed E-state index contributed by atoms with van der Waals surface area (Å²) >= 11 is 0. The lowest BCUT2D eigenvalue weighted by atomic mass is 10.1. The van der Waals surface area contributed by atoms with E-state index in [1.165, 1.54) is 0 Å². The van der Waals surface area contributed by atoms with Crippen LogP contribution in [0, 0.1) is 0 Å². The second kappa shape index (κ2) is 3.54. The van der Waals surface area contributed by atoms with Gasteiger partial charge in [-0.05, 0) is 6.92 Å². The number of esters is 1. The van der Waals surface area contributed by atoms with Crippen molar-refractivity contribution in [3.05, 3.63) is 24.8 Å². The molecule has 1 fully saturated rings. The first-order chi connectivity index (χ1) is 5.66. The fourth-order valence-electron chi connectivity index (χ4n) is 1.11. The van der Waals surface area contributed by atoms with E-state index in [-0.39, 0.29) is 18.2 Å². The van der Waals surface area contributed by atoms with Crippen molar-refractivity contribution in [1.29, 1.82) is 0 Å². The van der Waals surface area contributed by atoms with Crippen LogP contribution in [0.2, 0.25) is 0 Å². The lowest BCUT2D eigenvalue weighted by Crippen LogP contribution is -2.22. The molecule has 1 aliphatic rings. The number of ether oxygens (including phenoxy) is 2. The predicted octanol–water partition coefficient (Wildman–Crippen LogP) is 1.06. The first kappa shape index (κ1) is 9.00. The molecule has 66 valence electrons. The van der Waals surface area contributed by atoms with Crippen molar-refractivity contribution in [2.75, 3.05) is 6.61 Å². The molecule has 0 radical (unpaired) electrons. The summed E-state index contributed by atoms with van der Waals surface area (Å²) in [5.74, 6) is -0.364. The fraction of sp³-hybridized carbons (Fsp3) is 0.444. The van der Waals surface area contributed by atoms with Gasteiger partial charge < -0.3 is 9.47 Å². The summed E-state index contributed by atoms with van der Waals surface area (Å²) in [7, 11) is 0. The van der Waals surface area contributed by atoms with Crippen LogP contribution in [0.5, 0.6) is 0 Å². The van der Waals surface area contributed by atoms with Crippen LogP contribution in [-0.4, -0.2) is 24.8 Å². The third kappa shape index (κ3) is 1.56. The molecule has 12 heavy (non-hydrogen) atoms. The molecule has 0 amide bonds. The van der Waals surface area contributed by atoms with E-state index in [1.807, 2.05) is 0 Å². The summed E-state index contributed by atoms with van der Waals surface area (Å²) in [4.78, 5) is 10.9. The molecule has 1 saturated heterocycles. The van der Waals surface area contributed by atoms with Gasteiger partial charge in [-0.2, -0.15) is 0 Å². The molecule has 0 aliphatic carbocycles. The van der Waals surface area contributed by atoms with Gasteiger partial charge in [-0.15, -0.1) is 6.58 Å². The van der Waals surface area contributed by atoms with E-state index >= 15 is 0 Å². The molecule has 0 saturated carbocycles. The molecule has 0 bridgehead atoms.